The minimum atomic E-state index is -0.350. The Bertz CT molecular complexity index is 1520. The number of anilines is 1. The van der Waals surface area contributed by atoms with Gasteiger partial charge in [0, 0.05) is 48.4 Å². The zero-order valence-electron chi connectivity index (χ0n) is 18.8. The van der Waals surface area contributed by atoms with Crippen LogP contribution in [0.25, 0.3) is 16.8 Å². The minimum Gasteiger partial charge on any atom is -0.356 e. The molecule has 0 spiro atoms. The molecule has 8 heteroatoms. The van der Waals surface area contributed by atoms with Gasteiger partial charge < -0.3 is 10.6 Å². The number of pyridine rings is 1. The van der Waals surface area contributed by atoms with Crippen molar-refractivity contribution in [3.8, 4) is 11.1 Å². The second-order valence-electron chi connectivity index (χ2n) is 9.37. The van der Waals surface area contributed by atoms with Gasteiger partial charge in [-0.2, -0.15) is 0 Å². The maximum Gasteiger partial charge on any atom is 0.259 e. The number of piperidine rings is 1. The van der Waals surface area contributed by atoms with Crippen molar-refractivity contribution in [1.29, 1.82) is 0 Å². The lowest BCUT2D eigenvalue weighted by atomic mass is 9.91. The fraction of sp³-hybridized carbons (Fsp3) is 0.259. The Labute approximate surface area is 211 Å². The number of hydrogen-bond donors (Lipinski definition) is 1. The third kappa shape index (κ3) is 3.46. The standard InChI is InChI=1S/C27H23Cl2FN4O/c28-21-6-3-4-17(26(21)29)16-8-9-23-32-24(12-25(35)34(23)13-16)33-11-10-18-20(14-33)27(18,15-31)19-5-1-2-7-22(19)30/h1-9,12-13,18,20H,10-11,14-15,31H2/t18-,20+,27-/m1/s1. The van der Waals surface area contributed by atoms with Crippen LogP contribution in [0.2, 0.25) is 10.0 Å². The summed E-state index contributed by atoms with van der Waals surface area (Å²) >= 11 is 12.5. The van der Waals surface area contributed by atoms with Crippen molar-refractivity contribution in [1.82, 2.24) is 9.38 Å². The number of benzene rings is 2. The van der Waals surface area contributed by atoms with E-state index >= 15 is 0 Å². The molecule has 5 nitrogen and oxygen atoms in total. The Morgan fingerprint density at radius 3 is 2.71 bits per heavy atom. The van der Waals surface area contributed by atoms with E-state index in [0.29, 0.717) is 46.1 Å². The van der Waals surface area contributed by atoms with E-state index in [1.165, 1.54) is 10.5 Å². The van der Waals surface area contributed by atoms with Gasteiger partial charge in [0.2, 0.25) is 0 Å². The number of aromatic nitrogens is 2. The van der Waals surface area contributed by atoms with E-state index in [1.807, 2.05) is 36.4 Å². The van der Waals surface area contributed by atoms with Gasteiger partial charge in [-0.05, 0) is 48.1 Å². The number of rotatable bonds is 4. The smallest absolute Gasteiger partial charge is 0.259 e. The third-order valence-corrected chi connectivity index (χ3v) is 8.59. The second-order valence-corrected chi connectivity index (χ2v) is 10.2. The molecule has 35 heavy (non-hydrogen) atoms. The van der Waals surface area contributed by atoms with Gasteiger partial charge in [-0.25, -0.2) is 9.37 Å². The zero-order chi connectivity index (χ0) is 24.3. The summed E-state index contributed by atoms with van der Waals surface area (Å²) in [5.41, 5.74) is 8.47. The summed E-state index contributed by atoms with van der Waals surface area (Å²) in [7, 11) is 0. The fourth-order valence-electron chi connectivity index (χ4n) is 5.97. The van der Waals surface area contributed by atoms with Crippen LogP contribution in [-0.4, -0.2) is 29.0 Å². The van der Waals surface area contributed by atoms with Crippen molar-refractivity contribution in [3.05, 3.63) is 98.6 Å². The summed E-state index contributed by atoms with van der Waals surface area (Å²) in [6.45, 7) is 1.84. The molecule has 6 rings (SSSR count). The Morgan fingerprint density at radius 1 is 1.09 bits per heavy atom. The lowest BCUT2D eigenvalue weighted by Crippen LogP contribution is -2.34. The van der Waals surface area contributed by atoms with Gasteiger partial charge in [0.1, 0.15) is 17.3 Å². The van der Waals surface area contributed by atoms with Gasteiger partial charge in [0.05, 0.1) is 10.0 Å². The first-order chi connectivity index (χ1) is 16.9. The predicted octanol–water partition coefficient (Wildman–Crippen LogP) is 5.16. The molecule has 178 valence electrons. The molecule has 0 amide bonds. The molecule has 1 saturated carbocycles. The monoisotopic (exact) mass is 508 g/mol. The Balaban J connectivity index is 1.32. The molecule has 1 aliphatic carbocycles. The van der Waals surface area contributed by atoms with E-state index in [1.54, 1.807) is 24.4 Å². The maximum atomic E-state index is 14.7. The first kappa shape index (κ1) is 22.5. The van der Waals surface area contributed by atoms with Crippen molar-refractivity contribution in [2.75, 3.05) is 24.5 Å². The lowest BCUT2D eigenvalue weighted by molar-refractivity contribution is 0.533. The SMILES string of the molecule is NC[C@]1(c2ccccc2F)[C@@H]2CCN(c3cc(=O)n4cc(-c5cccc(Cl)c5Cl)ccc4n3)C[C@@H]21. The van der Waals surface area contributed by atoms with Crippen LogP contribution in [0.15, 0.2) is 71.7 Å². The van der Waals surface area contributed by atoms with Crippen molar-refractivity contribution in [2.24, 2.45) is 17.6 Å². The first-order valence-corrected chi connectivity index (χ1v) is 12.4. The van der Waals surface area contributed by atoms with E-state index < -0.39 is 0 Å². The summed E-state index contributed by atoms with van der Waals surface area (Å²) in [5.74, 6) is 1.00. The molecule has 0 bridgehead atoms. The molecule has 2 N–H and O–H groups in total. The summed E-state index contributed by atoms with van der Waals surface area (Å²) in [6.07, 6.45) is 2.61. The topological polar surface area (TPSA) is 63.6 Å². The second kappa shape index (κ2) is 8.33. The molecule has 0 radical (unpaired) electrons. The van der Waals surface area contributed by atoms with Crippen LogP contribution in [0.4, 0.5) is 10.2 Å². The zero-order valence-corrected chi connectivity index (χ0v) is 20.3. The van der Waals surface area contributed by atoms with Crippen molar-refractivity contribution in [2.45, 2.75) is 11.8 Å². The number of nitrogens with two attached hydrogens (primary N) is 1. The van der Waals surface area contributed by atoms with Gasteiger partial charge in [0.15, 0.2) is 0 Å². The summed E-state index contributed by atoms with van der Waals surface area (Å²) in [4.78, 5) is 20.0. The lowest BCUT2D eigenvalue weighted by Gasteiger charge is -2.27. The molecule has 3 heterocycles. The fourth-order valence-corrected chi connectivity index (χ4v) is 6.38. The molecule has 2 aliphatic rings. The van der Waals surface area contributed by atoms with Gasteiger partial charge in [0.25, 0.3) is 5.56 Å². The normalized spacial score (nSPS) is 23.4. The van der Waals surface area contributed by atoms with Gasteiger partial charge in [-0.3, -0.25) is 9.20 Å². The van der Waals surface area contributed by atoms with Crippen LogP contribution in [0, 0.1) is 17.7 Å². The molecular weight excluding hydrogens is 486 g/mol. The Hall–Kier alpha value is -2.93. The molecule has 3 atom stereocenters. The highest BCUT2D eigenvalue weighted by Gasteiger charge is 2.66. The molecular formula is C27H23Cl2FN4O. The largest absolute Gasteiger partial charge is 0.356 e. The number of fused-ring (bicyclic) bond motifs is 2. The Kier molecular flexibility index (Phi) is 5.36. The van der Waals surface area contributed by atoms with Gasteiger partial charge >= 0.3 is 0 Å². The van der Waals surface area contributed by atoms with Crippen LogP contribution < -0.4 is 16.2 Å². The third-order valence-electron chi connectivity index (χ3n) is 7.77. The van der Waals surface area contributed by atoms with E-state index in [4.69, 9.17) is 33.9 Å². The average molecular weight is 509 g/mol. The predicted molar refractivity (Wildman–Crippen MR) is 138 cm³/mol. The van der Waals surface area contributed by atoms with E-state index in [2.05, 4.69) is 4.90 Å². The number of halogens is 3. The highest BCUT2D eigenvalue weighted by molar-refractivity contribution is 6.43. The van der Waals surface area contributed by atoms with E-state index in [-0.39, 0.29) is 22.7 Å². The van der Waals surface area contributed by atoms with Crippen molar-refractivity contribution < 1.29 is 4.39 Å². The van der Waals surface area contributed by atoms with Crippen LogP contribution in [0.3, 0.4) is 0 Å². The highest BCUT2D eigenvalue weighted by atomic mass is 35.5. The molecule has 1 saturated heterocycles. The molecule has 2 aromatic heterocycles. The maximum absolute atomic E-state index is 14.7. The number of hydrogen-bond acceptors (Lipinski definition) is 4. The average Bonchev–Trinajstić information content (AvgIpc) is 3.53. The Morgan fingerprint density at radius 2 is 1.91 bits per heavy atom. The van der Waals surface area contributed by atoms with Crippen molar-refractivity contribution >= 4 is 34.7 Å². The molecule has 4 aromatic rings. The summed E-state index contributed by atoms with van der Waals surface area (Å²) in [6, 6.07) is 17.6. The first-order valence-electron chi connectivity index (χ1n) is 11.6. The summed E-state index contributed by atoms with van der Waals surface area (Å²) in [5, 5.41) is 0.897. The molecule has 1 aliphatic heterocycles. The van der Waals surface area contributed by atoms with Crippen LogP contribution in [0.1, 0.15) is 12.0 Å². The van der Waals surface area contributed by atoms with Gasteiger partial charge in [-0.15, -0.1) is 0 Å². The van der Waals surface area contributed by atoms with E-state index in [0.717, 1.165) is 24.1 Å². The van der Waals surface area contributed by atoms with Crippen molar-refractivity contribution in [3.63, 3.8) is 0 Å². The van der Waals surface area contributed by atoms with Crippen LogP contribution in [-0.2, 0) is 5.41 Å². The molecule has 2 aromatic carbocycles. The number of nitrogens with zero attached hydrogens (tertiary/aromatic N) is 3. The minimum absolute atomic E-state index is 0.179. The van der Waals surface area contributed by atoms with E-state index in [9.17, 15) is 9.18 Å². The van der Waals surface area contributed by atoms with Gasteiger partial charge in [-0.1, -0.05) is 53.5 Å². The van der Waals surface area contributed by atoms with Crippen LogP contribution in [0.5, 0.6) is 0 Å². The molecule has 2 fully saturated rings. The highest BCUT2D eigenvalue weighted by Crippen LogP contribution is 2.63. The summed E-state index contributed by atoms with van der Waals surface area (Å²) < 4.78 is 16.2. The van der Waals surface area contributed by atoms with Crippen LogP contribution >= 0.6 is 23.2 Å². The molecule has 0 unspecified atom stereocenters. The quantitative estimate of drug-likeness (QED) is 0.413.